The smallest absolute Gasteiger partial charge is 0.296 e. The van der Waals surface area contributed by atoms with Gasteiger partial charge in [-0.25, -0.2) is 0 Å². The Hall–Kier alpha value is -9.58. The van der Waals surface area contributed by atoms with Gasteiger partial charge in [-0.1, -0.05) is 32.4 Å². The Kier molecular flexibility index (Phi) is 19.2. The van der Waals surface area contributed by atoms with E-state index in [0.717, 1.165) is 40.5 Å². The van der Waals surface area contributed by atoms with E-state index in [1.165, 1.54) is 30.5 Å². The molecule has 0 aromatic heterocycles. The van der Waals surface area contributed by atoms with Gasteiger partial charge in [0.2, 0.25) is 24.1 Å². The minimum absolute atomic E-state index is 0.0941. The second-order valence-corrected chi connectivity index (χ2v) is 21.8. The summed E-state index contributed by atoms with van der Waals surface area (Å²) in [7, 11) is 3.11. The number of anilines is 1. The number of nitrogens with one attached hydrogen (secondary N) is 3. The monoisotopic (exact) mass is 1160 g/mol. The van der Waals surface area contributed by atoms with Crippen molar-refractivity contribution in [3.8, 4) is 34.8 Å². The third-order valence-corrected chi connectivity index (χ3v) is 15.3. The molecular formula is C64H69N9O12. The van der Waals surface area contributed by atoms with Gasteiger partial charge in [-0.05, 0) is 129 Å². The molecule has 0 saturated heterocycles. The molecule has 4 aromatic carbocycles. The van der Waals surface area contributed by atoms with Gasteiger partial charge in [-0.2, -0.15) is 5.26 Å². The molecule has 0 spiro atoms. The first-order valence-electron chi connectivity index (χ1n) is 28.5. The van der Waals surface area contributed by atoms with Crippen LogP contribution in [0.15, 0.2) is 113 Å². The molecule has 5 aliphatic rings. The summed E-state index contributed by atoms with van der Waals surface area (Å²) < 4.78 is 29.2. The highest BCUT2D eigenvalue weighted by molar-refractivity contribution is 6.15. The number of amides is 7. The first kappa shape index (κ1) is 60.0. The van der Waals surface area contributed by atoms with E-state index in [4.69, 9.17) is 38.9 Å². The average molecular weight is 1160 g/mol. The lowest BCUT2D eigenvalue weighted by Gasteiger charge is -2.24. The summed E-state index contributed by atoms with van der Waals surface area (Å²) in [4.78, 5) is 105. The number of nitrogens with zero attached hydrogens (tertiary/aromatic N) is 6. The van der Waals surface area contributed by atoms with Crippen molar-refractivity contribution in [3.63, 3.8) is 0 Å². The van der Waals surface area contributed by atoms with Gasteiger partial charge in [-0.3, -0.25) is 48.4 Å². The number of ether oxygens (including phenoxy) is 5. The van der Waals surface area contributed by atoms with Crippen LogP contribution >= 0.6 is 0 Å². The van der Waals surface area contributed by atoms with E-state index >= 15 is 0 Å². The van der Waals surface area contributed by atoms with Crippen molar-refractivity contribution in [2.75, 3.05) is 39.3 Å². The molecule has 4 aliphatic heterocycles. The molecular weight excluding hydrogens is 1090 g/mol. The molecule has 3 N–H and O–H groups in total. The lowest BCUT2D eigenvalue weighted by Crippen LogP contribution is -2.53. The summed E-state index contributed by atoms with van der Waals surface area (Å²) >= 11 is 0. The van der Waals surface area contributed by atoms with Gasteiger partial charge in [0, 0.05) is 68.5 Å². The van der Waals surface area contributed by atoms with E-state index < -0.39 is 35.7 Å². The van der Waals surface area contributed by atoms with E-state index in [9.17, 15) is 33.6 Å². The van der Waals surface area contributed by atoms with Crippen LogP contribution in [0.25, 0.3) is 5.57 Å². The normalized spacial score (nSPS) is 17.7. The third-order valence-electron chi connectivity index (χ3n) is 15.3. The highest BCUT2D eigenvalue weighted by Gasteiger charge is 2.38. The molecule has 7 amide bonds. The largest absolute Gasteiger partial charge is 0.493 e. The number of rotatable bonds is 27. The highest BCUT2D eigenvalue weighted by atomic mass is 16.5. The van der Waals surface area contributed by atoms with Gasteiger partial charge >= 0.3 is 0 Å². The number of carbonyl (C=O) groups is 7. The fourth-order valence-electron chi connectivity index (χ4n) is 10.3. The van der Waals surface area contributed by atoms with E-state index in [2.05, 4.69) is 16.0 Å². The number of methoxy groups -OCH3 is 2. The number of nitriles is 1. The van der Waals surface area contributed by atoms with Crippen LogP contribution in [0, 0.1) is 30.1 Å². The fourth-order valence-corrected chi connectivity index (χ4v) is 10.3. The van der Waals surface area contributed by atoms with Gasteiger partial charge in [0.1, 0.15) is 17.8 Å². The summed E-state index contributed by atoms with van der Waals surface area (Å²) in [6, 6.07) is 20.0. The fraction of sp³-hybridized carbons (Fsp3) is 0.375. The minimum atomic E-state index is -0.953. The summed E-state index contributed by atoms with van der Waals surface area (Å²) in [6.07, 6.45) is 14.9. The SMILES string of the molecule is COc1cc2c(cc1OCCCOc1cc(/N=C\[C@H]3CC(c4ccc(NC(=O)[C@@H](C)NC(=O)[C@H](NC(=O)CCCCCN5C(=O)C=C(Oc6ccc(C#N)cc6)C5=O)C(C)C)cc4)=CN3C=O)c(C)cc1OC)N=C[C@H]1CC(C3CC3)=CN1C2=O. The van der Waals surface area contributed by atoms with Crippen LogP contribution in [0.1, 0.15) is 106 Å². The quantitative estimate of drug-likeness (QED) is 0.0220. The topological polar surface area (TPSA) is 260 Å². The molecule has 1 fully saturated rings. The lowest BCUT2D eigenvalue weighted by molar-refractivity contribution is -0.138. The standard InChI is InChI=1S/C64H69N9O12/c1-38(2)60(70-58(75)11-8-7-9-22-72-59(76)31-57(64(72)80)85-49-20-12-41(32-65)13-21-49)62(78)68-40(4)61(77)69-46-18-16-43(17-19-46)44-26-47(71(35-44)37-74)33-66-51-29-55(53(81-5)25-39(51)3)83-23-10-24-84-56-30-52-50(28-54(56)82-6)63(79)73-36-45(42-14-15-42)27-48(73)34-67-52/h12-13,16-21,25,28-31,33-38,40,42,47-48,60H,7-11,14-15,22-24,26-27H2,1-6H3,(H,68,78)(H,69,77)(H,70,75)/b66-33-/t40-,47-,48-,60-/m1/s1. The Morgan fingerprint density at radius 2 is 1.54 bits per heavy atom. The van der Waals surface area contributed by atoms with Gasteiger partial charge in [0.25, 0.3) is 17.7 Å². The van der Waals surface area contributed by atoms with Crippen LogP contribution in [-0.2, 0) is 28.8 Å². The van der Waals surface area contributed by atoms with Crippen molar-refractivity contribution in [2.24, 2.45) is 21.8 Å². The number of aryl methyl sites for hydroxylation is 1. The van der Waals surface area contributed by atoms with E-state index in [1.54, 1.807) is 99.7 Å². The Balaban J connectivity index is 0.700. The van der Waals surface area contributed by atoms with Gasteiger partial charge < -0.3 is 49.4 Å². The van der Waals surface area contributed by atoms with Crippen LogP contribution < -0.4 is 39.6 Å². The maximum absolute atomic E-state index is 13.6. The number of aliphatic imine (C=N–C) groups is 2. The first-order chi connectivity index (χ1) is 41.0. The van der Waals surface area contributed by atoms with Crippen molar-refractivity contribution in [2.45, 2.75) is 110 Å². The molecule has 4 heterocycles. The summed E-state index contributed by atoms with van der Waals surface area (Å²) in [5.74, 6) is -0.0960. The number of fused-ring (bicyclic) bond motifs is 2. The first-order valence-corrected chi connectivity index (χ1v) is 28.5. The summed E-state index contributed by atoms with van der Waals surface area (Å²) in [6.45, 7) is 7.74. The Labute approximate surface area is 493 Å². The second kappa shape index (κ2) is 27.2. The van der Waals surface area contributed by atoms with E-state index in [1.807, 2.05) is 43.6 Å². The molecule has 0 radical (unpaired) electrons. The number of carbonyl (C=O) groups excluding carboxylic acids is 7. The molecule has 21 heteroatoms. The minimum Gasteiger partial charge on any atom is -0.493 e. The van der Waals surface area contributed by atoms with Gasteiger partial charge in [0.15, 0.2) is 28.8 Å². The summed E-state index contributed by atoms with van der Waals surface area (Å²) in [5.41, 5.74) is 6.40. The van der Waals surface area contributed by atoms with Crippen LogP contribution in [0.2, 0.25) is 0 Å². The van der Waals surface area contributed by atoms with Gasteiger partial charge in [-0.15, -0.1) is 0 Å². The van der Waals surface area contributed by atoms with Crippen molar-refractivity contribution in [1.29, 1.82) is 5.26 Å². The maximum atomic E-state index is 13.6. The molecule has 4 atom stereocenters. The number of hydrogen-bond donors (Lipinski definition) is 3. The van der Waals surface area contributed by atoms with Crippen LogP contribution in [0.4, 0.5) is 17.1 Å². The van der Waals surface area contributed by atoms with Crippen LogP contribution in [-0.4, -0.2) is 127 Å². The highest BCUT2D eigenvalue weighted by Crippen LogP contribution is 2.44. The number of hydrogen-bond acceptors (Lipinski definition) is 15. The molecule has 0 unspecified atom stereocenters. The van der Waals surface area contributed by atoms with Gasteiger partial charge in [0.05, 0.1) is 74.2 Å². The van der Waals surface area contributed by atoms with Crippen molar-refractivity contribution >= 4 is 76.9 Å². The van der Waals surface area contributed by atoms with Crippen molar-refractivity contribution in [1.82, 2.24) is 25.3 Å². The zero-order valence-electron chi connectivity index (χ0n) is 48.4. The third kappa shape index (κ3) is 14.6. The van der Waals surface area contributed by atoms with Crippen molar-refractivity contribution in [3.05, 3.63) is 125 Å². The Morgan fingerprint density at radius 1 is 0.824 bits per heavy atom. The second-order valence-electron chi connectivity index (χ2n) is 21.8. The molecule has 85 heavy (non-hydrogen) atoms. The predicted octanol–water partition coefficient (Wildman–Crippen LogP) is 8.41. The molecule has 4 aromatic rings. The summed E-state index contributed by atoms with van der Waals surface area (Å²) in [5, 5.41) is 17.3. The zero-order valence-corrected chi connectivity index (χ0v) is 48.4. The lowest BCUT2D eigenvalue weighted by atomic mass is 10.0. The number of benzene rings is 4. The molecule has 21 nitrogen and oxygen atoms in total. The number of unbranched alkanes of at least 4 members (excludes halogenated alkanes) is 2. The average Bonchev–Trinajstić information content (AvgIpc) is 2.64. The molecule has 1 aliphatic carbocycles. The van der Waals surface area contributed by atoms with Crippen LogP contribution in [0.5, 0.6) is 28.7 Å². The molecule has 1 saturated carbocycles. The van der Waals surface area contributed by atoms with E-state index in [0.29, 0.717) is 102 Å². The maximum Gasteiger partial charge on any atom is 0.296 e. The van der Waals surface area contributed by atoms with Crippen LogP contribution in [0.3, 0.4) is 0 Å². The molecule has 0 bridgehead atoms. The van der Waals surface area contributed by atoms with E-state index in [-0.39, 0.29) is 55.1 Å². The Morgan fingerprint density at radius 3 is 2.22 bits per heavy atom. The van der Waals surface area contributed by atoms with Crippen molar-refractivity contribution < 1.29 is 57.2 Å². The Bertz CT molecular complexity index is 3430. The zero-order chi connectivity index (χ0) is 60.3. The molecule has 442 valence electrons. The number of imide groups is 1. The predicted molar refractivity (Wildman–Crippen MR) is 317 cm³/mol. The molecule has 9 rings (SSSR count).